The molecule has 0 atom stereocenters. The Morgan fingerprint density at radius 3 is 2.71 bits per heavy atom. The molecule has 0 unspecified atom stereocenters. The molecule has 2 aromatic heterocycles. The van der Waals surface area contributed by atoms with Crippen LogP contribution in [0.1, 0.15) is 15.9 Å². The molecule has 6 heteroatoms. The lowest BCUT2D eigenvalue weighted by Crippen LogP contribution is -2.13. The number of anilines is 2. The number of halogens is 1. The molecule has 0 saturated heterocycles. The normalized spacial score (nSPS) is 10.2. The molecule has 0 bridgehead atoms. The highest BCUT2D eigenvalue weighted by molar-refractivity contribution is 9.10. The number of carbonyl (C=O) groups is 1. The summed E-state index contributed by atoms with van der Waals surface area (Å²) in [4.78, 5) is 20.5. The smallest absolute Gasteiger partial charge is 0.256 e. The number of pyridine rings is 2. The van der Waals surface area contributed by atoms with Crippen LogP contribution >= 0.6 is 15.9 Å². The number of benzene rings is 1. The van der Waals surface area contributed by atoms with Gasteiger partial charge in [-0.1, -0.05) is 28.1 Å². The Hall–Kier alpha value is -2.73. The SMILES string of the molecule is O=C(Nc1ccc(NCc2cccnc2)cn1)c1cccc(Br)c1. The first kappa shape index (κ1) is 16.1. The zero-order valence-corrected chi connectivity index (χ0v) is 14.3. The number of rotatable bonds is 5. The topological polar surface area (TPSA) is 66.9 Å². The van der Waals surface area contributed by atoms with Gasteiger partial charge in [0.25, 0.3) is 5.91 Å². The Morgan fingerprint density at radius 2 is 2.00 bits per heavy atom. The van der Waals surface area contributed by atoms with Crippen molar-refractivity contribution < 1.29 is 4.79 Å². The second kappa shape index (κ2) is 7.70. The lowest BCUT2D eigenvalue weighted by Gasteiger charge is -2.08. The summed E-state index contributed by atoms with van der Waals surface area (Å²) in [6, 6.07) is 14.7. The second-order valence-electron chi connectivity index (χ2n) is 5.11. The zero-order chi connectivity index (χ0) is 16.8. The summed E-state index contributed by atoms with van der Waals surface area (Å²) in [5.41, 5.74) is 2.54. The van der Waals surface area contributed by atoms with E-state index < -0.39 is 0 Å². The van der Waals surface area contributed by atoms with E-state index in [1.165, 1.54) is 0 Å². The fourth-order valence-corrected chi connectivity index (χ4v) is 2.50. The largest absolute Gasteiger partial charge is 0.380 e. The van der Waals surface area contributed by atoms with E-state index in [2.05, 4.69) is 36.5 Å². The van der Waals surface area contributed by atoms with Crippen molar-refractivity contribution in [1.82, 2.24) is 9.97 Å². The summed E-state index contributed by atoms with van der Waals surface area (Å²) in [5.74, 6) is 0.312. The molecule has 1 amide bonds. The number of nitrogens with one attached hydrogen (secondary N) is 2. The molecule has 0 saturated carbocycles. The molecule has 2 N–H and O–H groups in total. The molecule has 0 radical (unpaired) electrons. The van der Waals surface area contributed by atoms with Gasteiger partial charge in [-0.2, -0.15) is 0 Å². The molecule has 3 rings (SSSR count). The van der Waals surface area contributed by atoms with Crippen LogP contribution in [0.3, 0.4) is 0 Å². The number of carbonyl (C=O) groups excluding carboxylic acids is 1. The van der Waals surface area contributed by atoms with Crippen molar-refractivity contribution in [2.45, 2.75) is 6.54 Å². The van der Waals surface area contributed by atoms with E-state index in [9.17, 15) is 4.79 Å². The van der Waals surface area contributed by atoms with E-state index in [4.69, 9.17) is 0 Å². The van der Waals surface area contributed by atoms with Crippen molar-refractivity contribution in [1.29, 1.82) is 0 Å². The van der Waals surface area contributed by atoms with Gasteiger partial charge in [-0.05, 0) is 42.0 Å². The number of hydrogen-bond donors (Lipinski definition) is 2. The molecule has 24 heavy (non-hydrogen) atoms. The predicted molar refractivity (Wildman–Crippen MR) is 97.9 cm³/mol. The minimum Gasteiger partial charge on any atom is -0.380 e. The maximum Gasteiger partial charge on any atom is 0.256 e. The first-order chi connectivity index (χ1) is 11.7. The molecular formula is C18H15BrN4O. The van der Waals surface area contributed by atoms with Crippen molar-refractivity contribution >= 4 is 33.3 Å². The minimum atomic E-state index is -0.195. The molecular weight excluding hydrogens is 368 g/mol. The Morgan fingerprint density at radius 1 is 1.08 bits per heavy atom. The number of hydrogen-bond acceptors (Lipinski definition) is 4. The molecule has 0 aliphatic carbocycles. The average Bonchev–Trinajstić information content (AvgIpc) is 2.62. The van der Waals surface area contributed by atoms with Gasteiger partial charge >= 0.3 is 0 Å². The standard InChI is InChI=1S/C18H15BrN4O/c19-15-5-1-4-14(9-15)18(24)23-17-7-6-16(12-22-17)21-11-13-3-2-8-20-10-13/h1-10,12,21H,11H2,(H,22,23,24). The fraction of sp³-hybridized carbons (Fsp3) is 0.0556. The Balaban J connectivity index is 1.59. The third-order valence-corrected chi connectivity index (χ3v) is 3.80. The summed E-state index contributed by atoms with van der Waals surface area (Å²) in [6.45, 7) is 0.666. The van der Waals surface area contributed by atoms with Gasteiger partial charge in [-0.15, -0.1) is 0 Å². The highest BCUT2D eigenvalue weighted by atomic mass is 79.9. The number of aromatic nitrogens is 2. The number of nitrogens with zero attached hydrogens (tertiary/aromatic N) is 2. The first-order valence-electron chi connectivity index (χ1n) is 7.36. The molecule has 0 aliphatic heterocycles. The van der Waals surface area contributed by atoms with E-state index >= 15 is 0 Å². The highest BCUT2D eigenvalue weighted by Gasteiger charge is 2.07. The van der Waals surface area contributed by atoms with Gasteiger partial charge < -0.3 is 10.6 Å². The number of amides is 1. The van der Waals surface area contributed by atoms with Crippen LogP contribution in [0, 0.1) is 0 Å². The van der Waals surface area contributed by atoms with E-state index in [0.717, 1.165) is 15.7 Å². The average molecular weight is 383 g/mol. The molecule has 2 heterocycles. The Labute approximate surface area is 148 Å². The van der Waals surface area contributed by atoms with Gasteiger partial charge in [-0.3, -0.25) is 9.78 Å². The monoisotopic (exact) mass is 382 g/mol. The lowest BCUT2D eigenvalue weighted by molar-refractivity contribution is 0.102. The van der Waals surface area contributed by atoms with Crippen LogP contribution in [-0.4, -0.2) is 15.9 Å². The quantitative estimate of drug-likeness (QED) is 0.696. The van der Waals surface area contributed by atoms with Crippen molar-refractivity contribution in [3.05, 3.63) is 82.7 Å². The Bertz CT molecular complexity index is 822. The third kappa shape index (κ3) is 4.39. The molecule has 1 aromatic carbocycles. The van der Waals surface area contributed by atoms with Crippen molar-refractivity contribution in [2.75, 3.05) is 10.6 Å². The predicted octanol–water partition coefficient (Wildman–Crippen LogP) is 4.10. The van der Waals surface area contributed by atoms with Crippen LogP contribution in [0.4, 0.5) is 11.5 Å². The van der Waals surface area contributed by atoms with E-state index in [-0.39, 0.29) is 5.91 Å². The summed E-state index contributed by atoms with van der Waals surface area (Å²) in [5, 5.41) is 6.04. The van der Waals surface area contributed by atoms with Gasteiger partial charge in [-0.25, -0.2) is 4.98 Å². The zero-order valence-electron chi connectivity index (χ0n) is 12.7. The van der Waals surface area contributed by atoms with Crippen molar-refractivity contribution in [3.63, 3.8) is 0 Å². The molecule has 5 nitrogen and oxygen atoms in total. The van der Waals surface area contributed by atoms with Crippen LogP contribution < -0.4 is 10.6 Å². The van der Waals surface area contributed by atoms with Crippen LogP contribution in [0.15, 0.2) is 71.6 Å². The van der Waals surface area contributed by atoms with E-state index in [1.54, 1.807) is 30.6 Å². The van der Waals surface area contributed by atoms with Crippen LogP contribution in [0.2, 0.25) is 0 Å². The molecule has 0 aliphatic rings. The molecule has 3 aromatic rings. The highest BCUT2D eigenvalue weighted by Crippen LogP contribution is 2.15. The lowest BCUT2D eigenvalue weighted by atomic mass is 10.2. The maximum atomic E-state index is 12.2. The maximum absolute atomic E-state index is 12.2. The van der Waals surface area contributed by atoms with Crippen molar-refractivity contribution in [3.8, 4) is 0 Å². The molecule has 0 fully saturated rings. The summed E-state index contributed by atoms with van der Waals surface area (Å²) >= 11 is 3.35. The fourth-order valence-electron chi connectivity index (χ4n) is 2.10. The second-order valence-corrected chi connectivity index (χ2v) is 6.03. The Kier molecular flexibility index (Phi) is 5.18. The summed E-state index contributed by atoms with van der Waals surface area (Å²) in [7, 11) is 0. The van der Waals surface area contributed by atoms with Gasteiger partial charge in [0, 0.05) is 29.0 Å². The first-order valence-corrected chi connectivity index (χ1v) is 8.16. The molecule has 0 spiro atoms. The van der Waals surface area contributed by atoms with Gasteiger partial charge in [0.05, 0.1) is 11.9 Å². The van der Waals surface area contributed by atoms with E-state index in [0.29, 0.717) is 17.9 Å². The van der Waals surface area contributed by atoms with Gasteiger partial charge in [0.2, 0.25) is 0 Å². The summed E-state index contributed by atoms with van der Waals surface area (Å²) in [6.07, 6.45) is 5.24. The molecule has 120 valence electrons. The van der Waals surface area contributed by atoms with Gasteiger partial charge in [0.1, 0.15) is 5.82 Å². The summed E-state index contributed by atoms with van der Waals surface area (Å²) < 4.78 is 0.859. The van der Waals surface area contributed by atoms with Gasteiger partial charge in [0.15, 0.2) is 0 Å². The van der Waals surface area contributed by atoms with Crippen LogP contribution in [-0.2, 0) is 6.54 Å². The van der Waals surface area contributed by atoms with Crippen molar-refractivity contribution in [2.24, 2.45) is 0 Å². The van der Waals surface area contributed by atoms with Crippen LogP contribution in [0.5, 0.6) is 0 Å². The third-order valence-electron chi connectivity index (χ3n) is 3.31. The van der Waals surface area contributed by atoms with E-state index in [1.807, 2.05) is 36.5 Å². The van der Waals surface area contributed by atoms with Crippen LogP contribution in [0.25, 0.3) is 0 Å². The minimum absolute atomic E-state index is 0.195.